The van der Waals surface area contributed by atoms with Crippen LogP contribution >= 0.6 is 0 Å². The van der Waals surface area contributed by atoms with E-state index in [1.807, 2.05) is 0 Å². The summed E-state index contributed by atoms with van der Waals surface area (Å²) in [5.41, 5.74) is 0.00181. The topological polar surface area (TPSA) is 110 Å². The summed E-state index contributed by atoms with van der Waals surface area (Å²) < 4.78 is 10.6. The minimum Gasteiger partial charge on any atom is -0.481 e. The Kier molecular flexibility index (Phi) is 9.07. The molecule has 136 valence electrons. The monoisotopic (exact) mass is 342 g/mol. The Balaban J connectivity index is 2.79. The summed E-state index contributed by atoms with van der Waals surface area (Å²) in [6.07, 6.45) is 4.06. The molecule has 7 nitrogen and oxygen atoms in total. The van der Waals surface area contributed by atoms with Gasteiger partial charge in [0.15, 0.2) is 0 Å². The maximum Gasteiger partial charge on any atom is 0.332 e. The van der Waals surface area contributed by atoms with E-state index in [1.54, 1.807) is 6.92 Å². The third-order valence-corrected chi connectivity index (χ3v) is 3.97. The van der Waals surface area contributed by atoms with Crippen LogP contribution in [0.2, 0.25) is 0 Å². The molecule has 0 spiro atoms. The number of esters is 1. The normalized spacial score (nSPS) is 16.4. The zero-order chi connectivity index (χ0) is 17.9. The first-order valence-corrected chi connectivity index (χ1v) is 8.37. The number of rotatable bonds is 10. The van der Waals surface area contributed by atoms with Gasteiger partial charge in [0.25, 0.3) is 0 Å². The molecule has 0 amide bonds. The van der Waals surface area contributed by atoms with Crippen molar-refractivity contribution < 1.29 is 34.1 Å². The smallest absolute Gasteiger partial charge is 0.332 e. The van der Waals surface area contributed by atoms with Gasteiger partial charge in [0, 0.05) is 12.2 Å². The van der Waals surface area contributed by atoms with Crippen LogP contribution in [0.15, 0.2) is 11.1 Å². The standard InChI is InChI=1S/C17H26O7/c1-2-23-9-8-12(14(17(21)22)11-15(18)19)10-16(20)24-13-6-4-3-5-7-13/h13H,2-11H2,1H3,(H,18,19)(H,21,22). The Hall–Kier alpha value is -1.89. The number of hydrogen-bond acceptors (Lipinski definition) is 5. The van der Waals surface area contributed by atoms with Crippen molar-refractivity contribution >= 4 is 17.9 Å². The molecule has 0 unspecified atom stereocenters. The molecule has 0 aromatic carbocycles. The molecule has 0 atom stereocenters. The fraction of sp³-hybridized carbons (Fsp3) is 0.706. The van der Waals surface area contributed by atoms with E-state index in [4.69, 9.17) is 14.6 Å². The molecular weight excluding hydrogens is 316 g/mol. The van der Waals surface area contributed by atoms with Crippen molar-refractivity contribution in [1.29, 1.82) is 0 Å². The molecule has 2 N–H and O–H groups in total. The Morgan fingerprint density at radius 1 is 1.04 bits per heavy atom. The summed E-state index contributed by atoms with van der Waals surface area (Å²) in [6.45, 7) is 2.50. The number of carboxylic acids is 2. The van der Waals surface area contributed by atoms with Crippen LogP contribution < -0.4 is 0 Å². The third kappa shape index (κ3) is 7.59. The molecule has 0 aromatic heterocycles. The second-order valence-electron chi connectivity index (χ2n) is 5.83. The summed E-state index contributed by atoms with van der Waals surface area (Å²) in [6, 6.07) is 0. The van der Waals surface area contributed by atoms with Gasteiger partial charge in [-0.05, 0) is 44.6 Å². The lowest BCUT2D eigenvalue weighted by molar-refractivity contribution is -0.149. The minimum absolute atomic E-state index is 0.118. The zero-order valence-corrected chi connectivity index (χ0v) is 14.1. The summed E-state index contributed by atoms with van der Waals surface area (Å²) in [4.78, 5) is 34.4. The number of hydrogen-bond donors (Lipinski definition) is 2. The number of ether oxygens (including phenoxy) is 2. The summed E-state index contributed by atoms with van der Waals surface area (Å²) >= 11 is 0. The molecule has 0 bridgehead atoms. The number of aliphatic carboxylic acids is 2. The van der Waals surface area contributed by atoms with Crippen molar-refractivity contribution in [3.05, 3.63) is 11.1 Å². The molecule has 1 aliphatic rings. The van der Waals surface area contributed by atoms with Crippen LogP contribution in [-0.4, -0.2) is 47.4 Å². The molecule has 24 heavy (non-hydrogen) atoms. The van der Waals surface area contributed by atoms with E-state index in [2.05, 4.69) is 0 Å². The van der Waals surface area contributed by atoms with Crippen LogP contribution in [0.5, 0.6) is 0 Å². The van der Waals surface area contributed by atoms with E-state index in [-0.39, 0.29) is 36.7 Å². The fourth-order valence-electron chi connectivity index (χ4n) is 2.77. The van der Waals surface area contributed by atoms with Crippen LogP contribution in [0.1, 0.15) is 58.3 Å². The predicted octanol–water partition coefficient (Wildman–Crippen LogP) is 2.53. The molecule has 0 aliphatic heterocycles. The van der Waals surface area contributed by atoms with Gasteiger partial charge < -0.3 is 19.7 Å². The molecule has 0 aromatic rings. The third-order valence-electron chi connectivity index (χ3n) is 3.97. The van der Waals surface area contributed by atoms with Crippen LogP contribution in [0, 0.1) is 0 Å². The highest BCUT2D eigenvalue weighted by molar-refractivity contribution is 5.93. The molecule has 1 fully saturated rings. The van der Waals surface area contributed by atoms with Gasteiger partial charge in [-0.2, -0.15) is 0 Å². The van der Waals surface area contributed by atoms with Crippen LogP contribution in [0.4, 0.5) is 0 Å². The zero-order valence-electron chi connectivity index (χ0n) is 14.1. The molecule has 0 heterocycles. The van der Waals surface area contributed by atoms with Crippen molar-refractivity contribution in [2.75, 3.05) is 13.2 Å². The van der Waals surface area contributed by atoms with Crippen LogP contribution in [-0.2, 0) is 23.9 Å². The van der Waals surface area contributed by atoms with Crippen molar-refractivity contribution in [3.8, 4) is 0 Å². The van der Waals surface area contributed by atoms with E-state index in [9.17, 15) is 19.5 Å². The Morgan fingerprint density at radius 3 is 2.25 bits per heavy atom. The average molecular weight is 342 g/mol. The van der Waals surface area contributed by atoms with Gasteiger partial charge in [0.05, 0.1) is 19.4 Å². The lowest BCUT2D eigenvalue weighted by Crippen LogP contribution is -2.22. The largest absolute Gasteiger partial charge is 0.481 e. The van der Waals surface area contributed by atoms with E-state index in [1.165, 1.54) is 0 Å². The molecule has 1 saturated carbocycles. The molecular formula is C17H26O7. The average Bonchev–Trinajstić information content (AvgIpc) is 2.52. The summed E-state index contributed by atoms with van der Waals surface area (Å²) in [7, 11) is 0. The quantitative estimate of drug-likeness (QED) is 0.356. The Bertz CT molecular complexity index is 475. The van der Waals surface area contributed by atoms with Crippen LogP contribution in [0.25, 0.3) is 0 Å². The molecule has 7 heteroatoms. The lowest BCUT2D eigenvalue weighted by atomic mass is 9.97. The van der Waals surface area contributed by atoms with Gasteiger partial charge in [-0.1, -0.05) is 6.42 Å². The molecule has 0 saturated heterocycles. The van der Waals surface area contributed by atoms with Crippen LogP contribution in [0.3, 0.4) is 0 Å². The van der Waals surface area contributed by atoms with E-state index in [0.717, 1.165) is 32.1 Å². The Labute approximate surface area is 141 Å². The minimum atomic E-state index is -1.32. The number of carbonyl (C=O) groups excluding carboxylic acids is 1. The summed E-state index contributed by atoms with van der Waals surface area (Å²) in [5, 5.41) is 18.2. The SMILES string of the molecule is CCOCCC(CC(=O)OC1CCCCC1)=C(CC(=O)O)C(=O)O. The number of carboxylic acid groups (broad SMARTS) is 2. The van der Waals surface area contributed by atoms with E-state index >= 15 is 0 Å². The van der Waals surface area contributed by atoms with Crippen molar-refractivity contribution in [3.63, 3.8) is 0 Å². The number of carbonyl (C=O) groups is 3. The lowest BCUT2D eigenvalue weighted by Gasteiger charge is -2.22. The van der Waals surface area contributed by atoms with Gasteiger partial charge in [-0.3, -0.25) is 9.59 Å². The van der Waals surface area contributed by atoms with E-state index in [0.29, 0.717) is 6.61 Å². The Morgan fingerprint density at radius 2 is 1.71 bits per heavy atom. The highest BCUT2D eigenvalue weighted by atomic mass is 16.5. The second kappa shape index (κ2) is 10.8. The first kappa shape index (κ1) is 20.2. The van der Waals surface area contributed by atoms with Crippen molar-refractivity contribution in [1.82, 2.24) is 0 Å². The first-order chi connectivity index (χ1) is 11.4. The highest BCUT2D eigenvalue weighted by Crippen LogP contribution is 2.23. The first-order valence-electron chi connectivity index (χ1n) is 8.37. The van der Waals surface area contributed by atoms with Crippen molar-refractivity contribution in [2.45, 2.75) is 64.4 Å². The fourth-order valence-corrected chi connectivity index (χ4v) is 2.77. The van der Waals surface area contributed by atoms with Gasteiger partial charge in [0.1, 0.15) is 6.10 Å². The van der Waals surface area contributed by atoms with Gasteiger partial charge in [0.2, 0.25) is 0 Å². The highest BCUT2D eigenvalue weighted by Gasteiger charge is 2.23. The van der Waals surface area contributed by atoms with Gasteiger partial charge in [-0.25, -0.2) is 4.79 Å². The molecule has 0 radical (unpaired) electrons. The van der Waals surface area contributed by atoms with Crippen molar-refractivity contribution in [2.24, 2.45) is 0 Å². The van der Waals surface area contributed by atoms with Gasteiger partial charge >= 0.3 is 17.9 Å². The maximum atomic E-state index is 12.1. The van der Waals surface area contributed by atoms with E-state index < -0.39 is 24.3 Å². The predicted molar refractivity (Wildman–Crippen MR) is 85.6 cm³/mol. The molecule has 1 aliphatic carbocycles. The second-order valence-corrected chi connectivity index (χ2v) is 5.83. The summed E-state index contributed by atoms with van der Waals surface area (Å²) in [5.74, 6) is -3.08. The maximum absolute atomic E-state index is 12.1. The van der Waals surface area contributed by atoms with Gasteiger partial charge in [-0.15, -0.1) is 0 Å². The molecule has 1 rings (SSSR count).